The molecule has 0 aliphatic rings. The van der Waals surface area contributed by atoms with Gasteiger partial charge in [-0.15, -0.1) is 11.3 Å². The molecule has 1 aromatic carbocycles. The summed E-state index contributed by atoms with van der Waals surface area (Å²) in [6.07, 6.45) is 0. The van der Waals surface area contributed by atoms with Gasteiger partial charge < -0.3 is 13.9 Å². The number of thiazole rings is 1. The van der Waals surface area contributed by atoms with Gasteiger partial charge in [-0.25, -0.2) is 9.78 Å². The molecule has 0 spiro atoms. The first-order valence-electron chi connectivity index (χ1n) is 7.72. The Kier molecular flexibility index (Phi) is 4.59. The van der Waals surface area contributed by atoms with Crippen LogP contribution in [0.4, 0.5) is 0 Å². The Morgan fingerprint density at radius 1 is 1.32 bits per heavy atom. The fourth-order valence-corrected chi connectivity index (χ4v) is 3.25. The van der Waals surface area contributed by atoms with E-state index in [2.05, 4.69) is 4.98 Å². The summed E-state index contributed by atoms with van der Waals surface area (Å²) in [5.41, 5.74) is 1.17. The third-order valence-electron chi connectivity index (χ3n) is 3.81. The molecular weight excluding hydrogens is 342 g/mol. The van der Waals surface area contributed by atoms with Crippen LogP contribution in [-0.4, -0.2) is 24.7 Å². The van der Waals surface area contributed by atoms with Gasteiger partial charge in [0.2, 0.25) is 11.2 Å². The molecule has 0 atom stereocenters. The van der Waals surface area contributed by atoms with Gasteiger partial charge in [0.15, 0.2) is 0 Å². The molecule has 0 aliphatic heterocycles. The van der Waals surface area contributed by atoms with Crippen LogP contribution in [0, 0.1) is 13.8 Å². The number of aryl methyl sites for hydroxylation is 2. The molecule has 0 amide bonds. The van der Waals surface area contributed by atoms with Gasteiger partial charge in [-0.05, 0) is 32.9 Å². The number of esters is 1. The predicted molar refractivity (Wildman–Crippen MR) is 95.6 cm³/mol. The molecular formula is C18H17NO5S. The number of hydrogen-bond acceptors (Lipinski definition) is 7. The van der Waals surface area contributed by atoms with Gasteiger partial charge in [0.1, 0.15) is 11.3 Å². The number of rotatable bonds is 4. The maximum Gasteiger partial charge on any atom is 0.375 e. The molecule has 6 nitrogen and oxygen atoms in total. The van der Waals surface area contributed by atoms with Crippen molar-refractivity contribution in [1.82, 2.24) is 4.98 Å². The lowest BCUT2D eigenvalue weighted by molar-refractivity contribution is 0.0492. The highest BCUT2D eigenvalue weighted by Crippen LogP contribution is 2.31. The van der Waals surface area contributed by atoms with E-state index in [0.29, 0.717) is 28.0 Å². The van der Waals surface area contributed by atoms with E-state index in [1.165, 1.54) is 18.4 Å². The average Bonchev–Trinajstić information content (AvgIpc) is 3.01. The van der Waals surface area contributed by atoms with Crippen LogP contribution in [0.2, 0.25) is 0 Å². The zero-order valence-electron chi connectivity index (χ0n) is 14.3. The maximum absolute atomic E-state index is 13.1. The van der Waals surface area contributed by atoms with Crippen LogP contribution in [0.25, 0.3) is 22.2 Å². The molecule has 0 bridgehead atoms. The zero-order chi connectivity index (χ0) is 18.1. The maximum atomic E-state index is 13.1. The molecule has 7 heteroatoms. The third-order valence-corrected chi connectivity index (χ3v) is 4.59. The number of aromatic nitrogens is 1. The van der Waals surface area contributed by atoms with Crippen LogP contribution in [-0.2, 0) is 4.74 Å². The topological polar surface area (TPSA) is 78.6 Å². The standard InChI is InChI=1S/C18H17NO5S/c1-5-23-18(21)17-14(12-8-25-10(3)19-12)15(20)11-6-7-13(22-4)9(2)16(11)24-17/h6-8H,5H2,1-4H3. The summed E-state index contributed by atoms with van der Waals surface area (Å²) in [5.74, 6) is -0.256. The first-order chi connectivity index (χ1) is 12.0. The lowest BCUT2D eigenvalue weighted by atomic mass is 10.1. The van der Waals surface area contributed by atoms with E-state index in [0.717, 1.165) is 5.01 Å². The molecule has 3 rings (SSSR count). The monoisotopic (exact) mass is 359 g/mol. The first-order valence-corrected chi connectivity index (χ1v) is 8.59. The lowest BCUT2D eigenvalue weighted by Gasteiger charge is -2.11. The zero-order valence-corrected chi connectivity index (χ0v) is 15.2. The first kappa shape index (κ1) is 17.2. The van der Waals surface area contributed by atoms with Crippen LogP contribution in [0.3, 0.4) is 0 Å². The number of fused-ring (bicyclic) bond motifs is 1. The van der Waals surface area contributed by atoms with Gasteiger partial charge in [-0.2, -0.15) is 0 Å². The largest absolute Gasteiger partial charge is 0.496 e. The average molecular weight is 359 g/mol. The molecule has 0 radical (unpaired) electrons. The summed E-state index contributed by atoms with van der Waals surface area (Å²) in [5, 5.41) is 2.88. The smallest absolute Gasteiger partial charge is 0.375 e. The lowest BCUT2D eigenvalue weighted by Crippen LogP contribution is -2.15. The van der Waals surface area contributed by atoms with E-state index in [1.807, 2.05) is 6.92 Å². The summed E-state index contributed by atoms with van der Waals surface area (Å²) >= 11 is 1.39. The Morgan fingerprint density at radius 2 is 2.08 bits per heavy atom. The van der Waals surface area contributed by atoms with Crippen LogP contribution in [0.15, 0.2) is 26.7 Å². The molecule has 0 unspecified atom stereocenters. The Hall–Kier alpha value is -2.67. The van der Waals surface area contributed by atoms with E-state index in [4.69, 9.17) is 13.9 Å². The summed E-state index contributed by atoms with van der Waals surface area (Å²) in [6, 6.07) is 3.33. The molecule has 0 aliphatic carbocycles. The van der Waals surface area contributed by atoms with Crippen molar-refractivity contribution in [3.8, 4) is 17.0 Å². The highest BCUT2D eigenvalue weighted by atomic mass is 32.1. The minimum absolute atomic E-state index is 0.125. The van der Waals surface area contributed by atoms with E-state index in [-0.39, 0.29) is 23.4 Å². The normalized spacial score (nSPS) is 10.9. The highest BCUT2D eigenvalue weighted by Gasteiger charge is 2.25. The fourth-order valence-electron chi connectivity index (χ4n) is 2.65. The van der Waals surface area contributed by atoms with E-state index in [1.54, 1.807) is 31.4 Å². The highest BCUT2D eigenvalue weighted by molar-refractivity contribution is 7.09. The Bertz CT molecular complexity index is 1020. The van der Waals surface area contributed by atoms with Crippen LogP contribution < -0.4 is 10.2 Å². The minimum Gasteiger partial charge on any atom is -0.496 e. The Balaban J connectivity index is 2.40. The second kappa shape index (κ2) is 6.68. The number of carbonyl (C=O) groups excluding carboxylic acids is 1. The number of nitrogens with zero attached hydrogens (tertiary/aromatic N) is 1. The van der Waals surface area contributed by atoms with Crippen molar-refractivity contribution >= 4 is 28.3 Å². The van der Waals surface area contributed by atoms with Crippen molar-refractivity contribution < 1.29 is 18.7 Å². The predicted octanol–water partition coefficient (Wildman–Crippen LogP) is 3.72. The van der Waals surface area contributed by atoms with Crippen LogP contribution in [0.1, 0.15) is 28.0 Å². The van der Waals surface area contributed by atoms with E-state index < -0.39 is 5.97 Å². The van der Waals surface area contributed by atoms with Crippen molar-refractivity contribution in [1.29, 1.82) is 0 Å². The molecule has 2 aromatic heterocycles. The van der Waals surface area contributed by atoms with Gasteiger partial charge in [-0.3, -0.25) is 4.79 Å². The molecule has 25 heavy (non-hydrogen) atoms. The quantitative estimate of drug-likeness (QED) is 0.661. The number of hydrogen-bond donors (Lipinski definition) is 0. The molecule has 0 saturated heterocycles. The third kappa shape index (κ3) is 2.91. The van der Waals surface area contributed by atoms with Gasteiger partial charge in [0.05, 0.1) is 35.4 Å². The molecule has 130 valence electrons. The number of methoxy groups -OCH3 is 1. The molecule has 0 saturated carbocycles. The Morgan fingerprint density at radius 3 is 2.68 bits per heavy atom. The Labute approximate surface area is 148 Å². The summed E-state index contributed by atoms with van der Waals surface area (Å²) < 4.78 is 16.2. The molecule has 2 heterocycles. The van der Waals surface area contributed by atoms with Gasteiger partial charge in [-0.1, -0.05) is 0 Å². The van der Waals surface area contributed by atoms with Gasteiger partial charge in [0, 0.05) is 10.9 Å². The number of ether oxygens (including phenoxy) is 2. The summed E-state index contributed by atoms with van der Waals surface area (Å²) in [7, 11) is 1.53. The van der Waals surface area contributed by atoms with Crippen LogP contribution >= 0.6 is 11.3 Å². The number of benzene rings is 1. The molecule has 0 N–H and O–H groups in total. The van der Waals surface area contributed by atoms with Crippen LogP contribution in [0.5, 0.6) is 5.75 Å². The minimum atomic E-state index is -0.690. The molecule has 0 fully saturated rings. The van der Waals surface area contributed by atoms with Crippen molar-refractivity contribution in [3.05, 3.63) is 44.1 Å². The number of carbonyl (C=O) groups is 1. The van der Waals surface area contributed by atoms with Crippen molar-refractivity contribution in [3.63, 3.8) is 0 Å². The van der Waals surface area contributed by atoms with E-state index in [9.17, 15) is 9.59 Å². The second-order valence-electron chi connectivity index (χ2n) is 5.38. The van der Waals surface area contributed by atoms with E-state index >= 15 is 0 Å². The molecule has 3 aromatic rings. The van der Waals surface area contributed by atoms with Gasteiger partial charge >= 0.3 is 5.97 Å². The van der Waals surface area contributed by atoms with Crippen molar-refractivity contribution in [2.75, 3.05) is 13.7 Å². The van der Waals surface area contributed by atoms with Gasteiger partial charge in [0.25, 0.3) is 0 Å². The SMILES string of the molecule is CCOC(=O)c1oc2c(C)c(OC)ccc2c(=O)c1-c1csc(C)n1. The summed E-state index contributed by atoms with van der Waals surface area (Å²) in [6.45, 7) is 5.47. The summed E-state index contributed by atoms with van der Waals surface area (Å²) in [4.78, 5) is 29.8. The second-order valence-corrected chi connectivity index (χ2v) is 6.44. The van der Waals surface area contributed by atoms with Crippen molar-refractivity contribution in [2.24, 2.45) is 0 Å². The fraction of sp³-hybridized carbons (Fsp3) is 0.278. The van der Waals surface area contributed by atoms with Crippen molar-refractivity contribution in [2.45, 2.75) is 20.8 Å².